The third kappa shape index (κ3) is 5.01. The molecule has 0 aliphatic carbocycles. The number of aromatic nitrogens is 2. The highest BCUT2D eigenvalue weighted by Crippen LogP contribution is 2.24. The fourth-order valence-corrected chi connectivity index (χ4v) is 4.03. The fourth-order valence-electron chi connectivity index (χ4n) is 4.03. The van der Waals surface area contributed by atoms with Crippen LogP contribution >= 0.6 is 0 Å². The van der Waals surface area contributed by atoms with E-state index in [-0.39, 0.29) is 11.8 Å². The number of ether oxygens (including phenoxy) is 1. The number of carbonyl (C=O) groups excluding carboxylic acids is 2. The summed E-state index contributed by atoms with van der Waals surface area (Å²) in [5.41, 5.74) is 8.22. The van der Waals surface area contributed by atoms with Crippen LogP contribution in [0.2, 0.25) is 0 Å². The average Bonchev–Trinajstić information content (AvgIpc) is 3.17. The van der Waals surface area contributed by atoms with Gasteiger partial charge in [0, 0.05) is 24.2 Å². The molecule has 1 saturated heterocycles. The minimum atomic E-state index is -0.677. The van der Waals surface area contributed by atoms with Crippen LogP contribution in [0.4, 0.5) is 5.69 Å². The summed E-state index contributed by atoms with van der Waals surface area (Å²) in [4.78, 5) is 28.4. The van der Waals surface area contributed by atoms with E-state index in [0.717, 1.165) is 16.5 Å². The van der Waals surface area contributed by atoms with Crippen LogP contribution < -0.4 is 11.1 Å². The third-order valence-electron chi connectivity index (χ3n) is 5.90. The quantitative estimate of drug-likeness (QED) is 0.583. The number of amides is 2. The summed E-state index contributed by atoms with van der Waals surface area (Å²) in [6, 6.07) is 14.5. The van der Waals surface area contributed by atoms with Crippen LogP contribution in [-0.4, -0.2) is 58.8 Å². The normalized spacial score (nSPS) is 15.4. The van der Waals surface area contributed by atoms with E-state index in [0.29, 0.717) is 44.2 Å². The van der Waals surface area contributed by atoms with E-state index in [1.807, 2.05) is 74.0 Å². The van der Waals surface area contributed by atoms with E-state index in [1.54, 1.807) is 4.90 Å². The zero-order valence-electron chi connectivity index (χ0n) is 19.4. The molecule has 4 rings (SSSR count). The number of rotatable bonds is 5. The van der Waals surface area contributed by atoms with Crippen LogP contribution in [0.1, 0.15) is 36.8 Å². The number of hydrogen-bond acceptors (Lipinski definition) is 5. The van der Waals surface area contributed by atoms with Gasteiger partial charge in [0.1, 0.15) is 6.04 Å². The Balaban J connectivity index is 1.62. The molecule has 8 nitrogen and oxygen atoms in total. The second kappa shape index (κ2) is 9.23. The van der Waals surface area contributed by atoms with Crippen molar-refractivity contribution in [2.45, 2.75) is 33.4 Å². The SMILES string of the molecule is CC(C)(C)[C@H](NC(=O)c1nn(Cc2ccc(N)cc2)c2ccccc12)C(=O)N1CCOCC1. The van der Waals surface area contributed by atoms with Gasteiger partial charge in [0.2, 0.25) is 5.91 Å². The van der Waals surface area contributed by atoms with Crippen molar-refractivity contribution in [3.63, 3.8) is 0 Å². The Kier molecular flexibility index (Phi) is 6.37. The van der Waals surface area contributed by atoms with Crippen molar-refractivity contribution in [1.82, 2.24) is 20.0 Å². The van der Waals surface area contributed by atoms with Gasteiger partial charge in [-0.3, -0.25) is 14.3 Å². The maximum atomic E-state index is 13.4. The summed E-state index contributed by atoms with van der Waals surface area (Å²) >= 11 is 0. The van der Waals surface area contributed by atoms with Gasteiger partial charge in [-0.1, -0.05) is 51.1 Å². The molecular formula is C25H31N5O3. The number of benzene rings is 2. The molecule has 33 heavy (non-hydrogen) atoms. The second-order valence-corrected chi connectivity index (χ2v) is 9.48. The van der Waals surface area contributed by atoms with Gasteiger partial charge in [-0.25, -0.2) is 0 Å². The first-order valence-electron chi connectivity index (χ1n) is 11.2. The zero-order chi connectivity index (χ0) is 23.6. The van der Waals surface area contributed by atoms with E-state index >= 15 is 0 Å². The molecule has 0 bridgehead atoms. The van der Waals surface area contributed by atoms with Gasteiger partial charge in [0.05, 0.1) is 25.3 Å². The number of nitrogens with two attached hydrogens (primary N) is 1. The number of carbonyl (C=O) groups is 2. The smallest absolute Gasteiger partial charge is 0.273 e. The van der Waals surface area contributed by atoms with Gasteiger partial charge < -0.3 is 20.7 Å². The summed E-state index contributed by atoms with van der Waals surface area (Å²) in [6.07, 6.45) is 0. The Morgan fingerprint density at radius 2 is 1.76 bits per heavy atom. The van der Waals surface area contributed by atoms with Crippen molar-refractivity contribution in [3.8, 4) is 0 Å². The standard InChI is InChI=1S/C25H31N5O3/c1-25(2,3)22(24(32)29-12-14-33-15-13-29)27-23(31)21-19-6-4-5-7-20(19)30(28-21)16-17-8-10-18(26)11-9-17/h4-11,22H,12-16,26H2,1-3H3,(H,27,31)/t22-/m1/s1. The molecule has 0 saturated carbocycles. The monoisotopic (exact) mass is 449 g/mol. The number of anilines is 1. The number of fused-ring (bicyclic) bond motifs is 1. The van der Waals surface area contributed by atoms with Crippen molar-refractivity contribution in [1.29, 1.82) is 0 Å². The van der Waals surface area contributed by atoms with Gasteiger partial charge in [0.15, 0.2) is 5.69 Å². The first-order valence-corrected chi connectivity index (χ1v) is 11.2. The summed E-state index contributed by atoms with van der Waals surface area (Å²) in [5.74, 6) is -0.450. The van der Waals surface area contributed by atoms with Crippen molar-refractivity contribution in [3.05, 3.63) is 59.8 Å². The number of nitrogen functional groups attached to an aromatic ring is 1. The number of para-hydroxylation sites is 1. The van der Waals surface area contributed by atoms with Crippen molar-refractivity contribution in [2.75, 3.05) is 32.0 Å². The molecule has 3 N–H and O–H groups in total. The molecule has 3 aromatic rings. The second-order valence-electron chi connectivity index (χ2n) is 9.48. The Morgan fingerprint density at radius 1 is 1.09 bits per heavy atom. The Bertz CT molecular complexity index is 1140. The molecule has 0 radical (unpaired) electrons. The first kappa shape index (κ1) is 22.8. The molecule has 2 aromatic carbocycles. The number of nitrogens with one attached hydrogen (secondary N) is 1. The lowest BCUT2D eigenvalue weighted by atomic mass is 9.85. The van der Waals surface area contributed by atoms with Crippen LogP contribution in [0.15, 0.2) is 48.5 Å². The molecular weight excluding hydrogens is 418 g/mol. The van der Waals surface area contributed by atoms with E-state index in [1.165, 1.54) is 0 Å². The van der Waals surface area contributed by atoms with E-state index in [2.05, 4.69) is 10.4 Å². The summed E-state index contributed by atoms with van der Waals surface area (Å²) in [5, 5.41) is 8.37. The maximum Gasteiger partial charge on any atom is 0.273 e. The van der Waals surface area contributed by atoms with Crippen LogP contribution in [0.25, 0.3) is 10.9 Å². The Morgan fingerprint density at radius 3 is 2.42 bits per heavy atom. The van der Waals surface area contributed by atoms with Gasteiger partial charge >= 0.3 is 0 Å². The van der Waals surface area contributed by atoms with Gasteiger partial charge in [0.25, 0.3) is 5.91 Å². The molecule has 0 unspecified atom stereocenters. The predicted molar refractivity (Wildman–Crippen MR) is 128 cm³/mol. The molecule has 1 atom stereocenters. The maximum absolute atomic E-state index is 13.4. The van der Waals surface area contributed by atoms with Crippen molar-refractivity contribution >= 4 is 28.4 Å². The lowest BCUT2D eigenvalue weighted by molar-refractivity contribution is -0.139. The summed E-state index contributed by atoms with van der Waals surface area (Å²) < 4.78 is 7.18. The summed E-state index contributed by atoms with van der Waals surface area (Å²) in [6.45, 7) is 8.44. The van der Waals surface area contributed by atoms with Gasteiger partial charge in [-0.2, -0.15) is 5.10 Å². The molecule has 1 aromatic heterocycles. The molecule has 0 spiro atoms. The van der Waals surface area contributed by atoms with Crippen LogP contribution in [0.5, 0.6) is 0 Å². The molecule has 1 aliphatic rings. The molecule has 1 aliphatic heterocycles. The highest BCUT2D eigenvalue weighted by atomic mass is 16.5. The molecule has 174 valence electrons. The van der Waals surface area contributed by atoms with Gasteiger partial charge in [-0.05, 0) is 29.2 Å². The lowest BCUT2D eigenvalue weighted by Crippen LogP contribution is -2.56. The number of nitrogens with zero attached hydrogens (tertiary/aromatic N) is 3. The first-order chi connectivity index (χ1) is 15.7. The highest BCUT2D eigenvalue weighted by Gasteiger charge is 2.37. The molecule has 2 heterocycles. The van der Waals surface area contributed by atoms with Crippen LogP contribution in [0, 0.1) is 5.41 Å². The minimum Gasteiger partial charge on any atom is -0.399 e. The fraction of sp³-hybridized carbons (Fsp3) is 0.400. The van der Waals surface area contributed by atoms with Crippen LogP contribution in [-0.2, 0) is 16.1 Å². The molecule has 8 heteroatoms. The number of morpholine rings is 1. The summed E-state index contributed by atoms with van der Waals surface area (Å²) in [7, 11) is 0. The molecule has 1 fully saturated rings. The van der Waals surface area contributed by atoms with E-state index in [9.17, 15) is 9.59 Å². The minimum absolute atomic E-state index is 0.0928. The third-order valence-corrected chi connectivity index (χ3v) is 5.90. The Labute approximate surface area is 193 Å². The predicted octanol–water partition coefficient (Wildman–Crippen LogP) is 2.67. The van der Waals surface area contributed by atoms with Gasteiger partial charge in [-0.15, -0.1) is 0 Å². The Hall–Kier alpha value is -3.39. The van der Waals surface area contributed by atoms with Crippen molar-refractivity contribution < 1.29 is 14.3 Å². The average molecular weight is 450 g/mol. The largest absolute Gasteiger partial charge is 0.399 e. The highest BCUT2D eigenvalue weighted by molar-refractivity contribution is 6.06. The molecule has 2 amide bonds. The van der Waals surface area contributed by atoms with E-state index in [4.69, 9.17) is 10.5 Å². The van der Waals surface area contributed by atoms with E-state index < -0.39 is 11.5 Å². The zero-order valence-corrected chi connectivity index (χ0v) is 19.4. The lowest BCUT2D eigenvalue weighted by Gasteiger charge is -2.36. The topological polar surface area (TPSA) is 102 Å². The van der Waals surface area contributed by atoms with Crippen molar-refractivity contribution in [2.24, 2.45) is 5.41 Å². The number of hydrogen-bond donors (Lipinski definition) is 2. The van der Waals surface area contributed by atoms with Crippen LogP contribution in [0.3, 0.4) is 0 Å².